The molecule has 0 saturated carbocycles. The van der Waals surface area contributed by atoms with Gasteiger partial charge in [-0.05, 0) is 50.4 Å². The fourth-order valence-electron chi connectivity index (χ4n) is 3.66. The third-order valence-electron chi connectivity index (χ3n) is 4.51. The number of hydrogen-bond acceptors (Lipinski definition) is 2. The summed E-state index contributed by atoms with van der Waals surface area (Å²) in [6.45, 7) is 6.57. The maximum atomic E-state index is 6.20. The molecule has 1 aromatic heterocycles. The Hall–Kier alpha value is -1.06. The normalized spacial score (nSPS) is 22.2. The molecule has 1 aromatic carbocycles. The Morgan fingerprint density at radius 1 is 1.33 bits per heavy atom. The van der Waals surface area contributed by atoms with Crippen molar-refractivity contribution in [2.24, 2.45) is 0 Å². The summed E-state index contributed by atoms with van der Waals surface area (Å²) in [5.41, 5.74) is 2.28. The van der Waals surface area contributed by atoms with Gasteiger partial charge in [0.15, 0.2) is 0 Å². The Morgan fingerprint density at radius 2 is 2.19 bits per heavy atom. The molecular formula is C17H24ClN3. The molecule has 0 spiro atoms. The first-order valence-corrected chi connectivity index (χ1v) is 8.49. The monoisotopic (exact) mass is 305 g/mol. The van der Waals surface area contributed by atoms with Gasteiger partial charge in [0.2, 0.25) is 0 Å². The van der Waals surface area contributed by atoms with Crippen molar-refractivity contribution in [1.29, 1.82) is 0 Å². The van der Waals surface area contributed by atoms with E-state index in [1.807, 2.05) is 12.1 Å². The molecule has 4 heteroatoms. The van der Waals surface area contributed by atoms with E-state index >= 15 is 0 Å². The van der Waals surface area contributed by atoms with Crippen molar-refractivity contribution >= 4 is 22.6 Å². The van der Waals surface area contributed by atoms with Gasteiger partial charge in [0, 0.05) is 11.6 Å². The summed E-state index contributed by atoms with van der Waals surface area (Å²) in [4.78, 5) is 4.99. The largest absolute Gasteiger partial charge is 0.326 e. The third-order valence-corrected chi connectivity index (χ3v) is 4.74. The highest BCUT2D eigenvalue weighted by Crippen LogP contribution is 2.37. The molecule has 1 N–H and O–H groups in total. The van der Waals surface area contributed by atoms with Gasteiger partial charge in [0.1, 0.15) is 5.82 Å². The van der Waals surface area contributed by atoms with Crippen molar-refractivity contribution in [1.82, 2.24) is 14.9 Å². The second kappa shape index (κ2) is 5.98. The highest BCUT2D eigenvalue weighted by Gasteiger charge is 2.38. The number of nitrogens with zero attached hydrogens (tertiary/aromatic N) is 2. The van der Waals surface area contributed by atoms with Crippen molar-refractivity contribution in [2.45, 2.75) is 58.0 Å². The van der Waals surface area contributed by atoms with Crippen molar-refractivity contribution in [3.8, 4) is 0 Å². The summed E-state index contributed by atoms with van der Waals surface area (Å²) < 4.78 is 2.38. The second-order valence-electron chi connectivity index (χ2n) is 6.08. The number of halogens is 1. The van der Waals surface area contributed by atoms with Gasteiger partial charge in [-0.2, -0.15) is 0 Å². The van der Waals surface area contributed by atoms with E-state index in [0.717, 1.165) is 36.5 Å². The zero-order valence-electron chi connectivity index (χ0n) is 13.0. The molecule has 2 heterocycles. The smallest absolute Gasteiger partial charge is 0.130 e. The molecule has 2 aromatic rings. The predicted octanol–water partition coefficient (Wildman–Crippen LogP) is 4.48. The molecule has 1 fully saturated rings. The summed E-state index contributed by atoms with van der Waals surface area (Å²) in [7, 11) is 0. The average molecular weight is 306 g/mol. The zero-order chi connectivity index (χ0) is 14.9. The molecule has 21 heavy (non-hydrogen) atoms. The fraction of sp³-hybridized carbons (Fsp3) is 0.588. The lowest BCUT2D eigenvalue weighted by atomic mass is 9.91. The summed E-state index contributed by atoms with van der Waals surface area (Å²) >= 11 is 6.20. The number of hydrogen-bond donors (Lipinski definition) is 1. The molecule has 0 aliphatic carbocycles. The lowest BCUT2D eigenvalue weighted by Gasteiger charge is -2.29. The van der Waals surface area contributed by atoms with Crippen molar-refractivity contribution in [3.63, 3.8) is 0 Å². The molecule has 1 saturated heterocycles. The topological polar surface area (TPSA) is 29.9 Å². The van der Waals surface area contributed by atoms with E-state index in [-0.39, 0.29) is 5.54 Å². The molecule has 0 bridgehead atoms. The van der Waals surface area contributed by atoms with Crippen LogP contribution in [0.3, 0.4) is 0 Å². The molecule has 0 amide bonds. The summed E-state index contributed by atoms with van der Waals surface area (Å²) in [6.07, 6.45) is 5.84. The van der Waals surface area contributed by atoms with Crippen molar-refractivity contribution < 1.29 is 0 Å². The van der Waals surface area contributed by atoms with Gasteiger partial charge in [-0.15, -0.1) is 0 Å². The van der Waals surface area contributed by atoms with E-state index in [1.165, 1.54) is 30.6 Å². The van der Waals surface area contributed by atoms with E-state index in [4.69, 9.17) is 16.6 Å². The van der Waals surface area contributed by atoms with Gasteiger partial charge >= 0.3 is 0 Å². The van der Waals surface area contributed by atoms with E-state index in [0.29, 0.717) is 0 Å². The average Bonchev–Trinajstić information content (AvgIpc) is 3.06. The number of aryl methyl sites for hydroxylation is 1. The minimum atomic E-state index is 0.0510. The molecule has 1 atom stereocenters. The Labute approximate surface area is 131 Å². The highest BCUT2D eigenvalue weighted by molar-refractivity contribution is 6.31. The van der Waals surface area contributed by atoms with Crippen LogP contribution >= 0.6 is 11.6 Å². The predicted molar refractivity (Wildman–Crippen MR) is 88.9 cm³/mol. The van der Waals surface area contributed by atoms with Crippen LogP contribution in [0.15, 0.2) is 18.2 Å². The summed E-state index contributed by atoms with van der Waals surface area (Å²) in [6, 6.07) is 6.03. The van der Waals surface area contributed by atoms with Gasteiger partial charge in [0.25, 0.3) is 0 Å². The minimum absolute atomic E-state index is 0.0510. The third kappa shape index (κ3) is 2.58. The molecule has 114 valence electrons. The van der Waals surface area contributed by atoms with Gasteiger partial charge in [-0.1, -0.05) is 31.9 Å². The number of imidazole rings is 1. The SMILES string of the molecule is CCCn1c(C2(CCC)CCCN2)nc2ccc(Cl)cc21. The van der Waals surface area contributed by atoms with Gasteiger partial charge in [-0.3, -0.25) is 0 Å². The van der Waals surface area contributed by atoms with Crippen LogP contribution in [0, 0.1) is 0 Å². The van der Waals surface area contributed by atoms with Crippen LogP contribution < -0.4 is 5.32 Å². The minimum Gasteiger partial charge on any atom is -0.326 e. The Balaban J connectivity index is 2.18. The molecule has 3 rings (SSSR count). The first kappa shape index (κ1) is 14.9. The quantitative estimate of drug-likeness (QED) is 0.882. The van der Waals surface area contributed by atoms with Crippen LogP contribution in [0.4, 0.5) is 0 Å². The Bertz CT molecular complexity index is 626. The Kier molecular flexibility index (Phi) is 4.23. The number of rotatable bonds is 5. The van der Waals surface area contributed by atoms with Crippen LogP contribution in [-0.4, -0.2) is 16.1 Å². The first-order valence-electron chi connectivity index (χ1n) is 8.11. The lowest BCUT2D eigenvalue weighted by molar-refractivity contribution is 0.322. The molecular weight excluding hydrogens is 282 g/mol. The van der Waals surface area contributed by atoms with E-state index in [9.17, 15) is 0 Å². The molecule has 3 nitrogen and oxygen atoms in total. The van der Waals surface area contributed by atoms with Crippen LogP contribution in [0.25, 0.3) is 11.0 Å². The molecule has 1 aliphatic heterocycles. The summed E-state index contributed by atoms with van der Waals surface area (Å²) in [5.74, 6) is 1.21. The molecule has 1 aliphatic rings. The van der Waals surface area contributed by atoms with E-state index in [2.05, 4.69) is 29.8 Å². The molecule has 1 unspecified atom stereocenters. The van der Waals surface area contributed by atoms with Crippen LogP contribution in [0.5, 0.6) is 0 Å². The van der Waals surface area contributed by atoms with Gasteiger partial charge in [0.05, 0.1) is 16.6 Å². The van der Waals surface area contributed by atoms with Crippen molar-refractivity contribution in [3.05, 3.63) is 29.0 Å². The van der Waals surface area contributed by atoms with Crippen LogP contribution in [-0.2, 0) is 12.1 Å². The number of nitrogens with one attached hydrogen (secondary N) is 1. The van der Waals surface area contributed by atoms with Crippen LogP contribution in [0.2, 0.25) is 5.02 Å². The van der Waals surface area contributed by atoms with E-state index in [1.54, 1.807) is 0 Å². The van der Waals surface area contributed by atoms with Crippen molar-refractivity contribution in [2.75, 3.05) is 6.54 Å². The first-order chi connectivity index (χ1) is 10.2. The Morgan fingerprint density at radius 3 is 2.86 bits per heavy atom. The van der Waals surface area contributed by atoms with Gasteiger partial charge < -0.3 is 9.88 Å². The lowest BCUT2D eigenvalue weighted by Crippen LogP contribution is -2.39. The maximum absolute atomic E-state index is 6.20. The number of aromatic nitrogens is 2. The number of fused-ring (bicyclic) bond motifs is 1. The summed E-state index contributed by atoms with van der Waals surface area (Å²) in [5, 5.41) is 4.53. The van der Waals surface area contributed by atoms with E-state index < -0.39 is 0 Å². The second-order valence-corrected chi connectivity index (χ2v) is 6.52. The van der Waals surface area contributed by atoms with Crippen LogP contribution in [0.1, 0.15) is 51.8 Å². The molecule has 0 radical (unpaired) electrons. The standard InChI is InChI=1S/C17H24ClN3/c1-3-8-17(9-5-10-19-17)16-20-14-7-6-13(18)12-15(14)21(16)11-4-2/h6-7,12,19H,3-5,8-11H2,1-2H3. The van der Waals surface area contributed by atoms with Gasteiger partial charge in [-0.25, -0.2) is 4.98 Å². The fourth-order valence-corrected chi connectivity index (χ4v) is 3.83. The zero-order valence-corrected chi connectivity index (χ0v) is 13.7. The maximum Gasteiger partial charge on any atom is 0.130 e. The highest BCUT2D eigenvalue weighted by atomic mass is 35.5. The number of benzene rings is 1.